The third-order valence-electron chi connectivity index (χ3n) is 2.96. The van der Waals surface area contributed by atoms with Gasteiger partial charge in [-0.3, -0.25) is 0 Å². The lowest BCUT2D eigenvalue weighted by atomic mass is 10.2. The summed E-state index contributed by atoms with van der Waals surface area (Å²) in [4.78, 5) is 11.8. The highest BCUT2D eigenvalue weighted by atomic mass is 19.1. The van der Waals surface area contributed by atoms with Crippen molar-refractivity contribution in [3.05, 3.63) is 65.6 Å². The number of hydrogen-bond acceptors (Lipinski definition) is 2. The number of urea groups is 1. The molecular formula is C17H17FN2O2. The molecule has 0 atom stereocenters. The quantitative estimate of drug-likeness (QED) is 0.898. The lowest BCUT2D eigenvalue weighted by Crippen LogP contribution is -2.24. The van der Waals surface area contributed by atoms with E-state index in [4.69, 9.17) is 4.74 Å². The summed E-state index contributed by atoms with van der Waals surface area (Å²) >= 11 is 0. The Morgan fingerprint density at radius 2 is 1.91 bits per heavy atom. The maximum atomic E-state index is 12.8. The van der Waals surface area contributed by atoms with Crippen LogP contribution in [0, 0.1) is 12.7 Å². The second kappa shape index (κ2) is 7.26. The first-order chi connectivity index (χ1) is 10.6. The Kier molecular flexibility index (Phi) is 5.14. The number of halogens is 1. The van der Waals surface area contributed by atoms with Crippen LogP contribution in [0.2, 0.25) is 0 Å². The van der Waals surface area contributed by atoms with Crippen LogP contribution in [0.15, 0.2) is 48.7 Å². The van der Waals surface area contributed by atoms with Crippen molar-refractivity contribution in [2.45, 2.75) is 6.92 Å². The number of ether oxygens (including phenoxy) is 1. The molecule has 22 heavy (non-hydrogen) atoms. The monoisotopic (exact) mass is 300 g/mol. The Hall–Kier alpha value is -2.82. The fourth-order valence-corrected chi connectivity index (χ4v) is 1.87. The number of anilines is 1. The third-order valence-corrected chi connectivity index (χ3v) is 2.96. The van der Waals surface area contributed by atoms with Crippen LogP contribution in [-0.2, 0) is 0 Å². The van der Waals surface area contributed by atoms with Gasteiger partial charge in [0.05, 0.1) is 12.8 Å². The summed E-state index contributed by atoms with van der Waals surface area (Å²) in [6.45, 7) is 1.93. The summed E-state index contributed by atoms with van der Waals surface area (Å²) in [6, 6.07) is 11.1. The molecule has 0 saturated carbocycles. The molecule has 0 heterocycles. The molecule has 0 aliphatic heterocycles. The van der Waals surface area contributed by atoms with E-state index < -0.39 is 0 Å². The summed E-state index contributed by atoms with van der Waals surface area (Å²) < 4.78 is 18.0. The van der Waals surface area contributed by atoms with Crippen molar-refractivity contribution in [2.75, 3.05) is 12.4 Å². The summed E-state index contributed by atoms with van der Waals surface area (Å²) in [5.41, 5.74) is 2.39. The first-order valence-corrected chi connectivity index (χ1v) is 6.73. The van der Waals surface area contributed by atoms with Gasteiger partial charge >= 0.3 is 6.03 Å². The number of rotatable bonds is 4. The van der Waals surface area contributed by atoms with Gasteiger partial charge in [-0.2, -0.15) is 0 Å². The van der Waals surface area contributed by atoms with Crippen LogP contribution >= 0.6 is 0 Å². The van der Waals surface area contributed by atoms with Crippen LogP contribution in [0.25, 0.3) is 6.08 Å². The molecule has 2 rings (SSSR count). The van der Waals surface area contributed by atoms with Crippen LogP contribution in [0.4, 0.5) is 14.9 Å². The van der Waals surface area contributed by atoms with Gasteiger partial charge in [-0.05, 0) is 48.4 Å². The van der Waals surface area contributed by atoms with E-state index in [2.05, 4.69) is 10.6 Å². The Labute approximate surface area is 128 Å². The van der Waals surface area contributed by atoms with E-state index in [0.29, 0.717) is 11.4 Å². The molecule has 0 aliphatic carbocycles. The normalized spacial score (nSPS) is 10.5. The molecule has 0 aliphatic rings. The summed E-state index contributed by atoms with van der Waals surface area (Å²) in [5.74, 6) is 0.289. The molecule has 2 amide bonds. The van der Waals surface area contributed by atoms with Gasteiger partial charge in [0.25, 0.3) is 0 Å². The molecule has 2 N–H and O–H groups in total. The lowest BCUT2D eigenvalue weighted by Gasteiger charge is -2.10. The predicted molar refractivity (Wildman–Crippen MR) is 85.3 cm³/mol. The van der Waals surface area contributed by atoms with Crippen molar-refractivity contribution in [3.8, 4) is 5.75 Å². The molecule has 5 heteroatoms. The summed E-state index contributed by atoms with van der Waals surface area (Å²) in [5, 5.41) is 5.30. The standard InChI is InChI=1S/C17H17FN2O2/c1-12-3-8-16(22-2)15(11-12)20-17(21)19-10-9-13-4-6-14(18)7-5-13/h3-11H,1-2H3,(H2,19,20,21)/b10-9+. The van der Waals surface area contributed by atoms with Gasteiger partial charge in [0.2, 0.25) is 0 Å². The topological polar surface area (TPSA) is 50.4 Å². The van der Waals surface area contributed by atoms with E-state index in [-0.39, 0.29) is 11.8 Å². The lowest BCUT2D eigenvalue weighted by molar-refractivity contribution is 0.255. The van der Waals surface area contributed by atoms with E-state index in [1.54, 1.807) is 31.4 Å². The number of carbonyl (C=O) groups excluding carboxylic acids is 1. The molecule has 4 nitrogen and oxygen atoms in total. The number of amides is 2. The molecule has 0 radical (unpaired) electrons. The summed E-state index contributed by atoms with van der Waals surface area (Å²) in [6.07, 6.45) is 3.16. The second-order valence-electron chi connectivity index (χ2n) is 4.69. The van der Waals surface area contributed by atoms with E-state index in [9.17, 15) is 9.18 Å². The first kappa shape index (κ1) is 15.6. The van der Waals surface area contributed by atoms with Crippen LogP contribution < -0.4 is 15.4 Å². The van der Waals surface area contributed by atoms with Gasteiger partial charge in [-0.15, -0.1) is 0 Å². The molecule has 2 aromatic carbocycles. The number of carbonyl (C=O) groups is 1. The SMILES string of the molecule is COc1ccc(C)cc1NC(=O)N/C=C/c1ccc(F)cc1. The minimum atomic E-state index is -0.387. The smallest absolute Gasteiger partial charge is 0.323 e. The molecule has 114 valence electrons. The highest BCUT2D eigenvalue weighted by molar-refractivity contribution is 5.92. The largest absolute Gasteiger partial charge is 0.495 e. The van der Waals surface area contributed by atoms with Gasteiger partial charge in [0.1, 0.15) is 11.6 Å². The van der Waals surface area contributed by atoms with Crippen molar-refractivity contribution < 1.29 is 13.9 Å². The fraction of sp³-hybridized carbons (Fsp3) is 0.118. The number of hydrogen-bond donors (Lipinski definition) is 2. The molecule has 0 fully saturated rings. The number of benzene rings is 2. The maximum Gasteiger partial charge on any atom is 0.323 e. The number of aryl methyl sites for hydroxylation is 1. The van der Waals surface area contributed by atoms with Crippen molar-refractivity contribution in [3.63, 3.8) is 0 Å². The van der Waals surface area contributed by atoms with E-state index >= 15 is 0 Å². The van der Waals surface area contributed by atoms with Crippen LogP contribution in [0.5, 0.6) is 5.75 Å². The van der Waals surface area contributed by atoms with Gasteiger partial charge in [0, 0.05) is 6.20 Å². The average molecular weight is 300 g/mol. The Morgan fingerprint density at radius 1 is 1.18 bits per heavy atom. The highest BCUT2D eigenvalue weighted by Crippen LogP contribution is 2.24. The van der Waals surface area contributed by atoms with Gasteiger partial charge in [-0.1, -0.05) is 18.2 Å². The molecule has 0 spiro atoms. The van der Waals surface area contributed by atoms with Crippen molar-refractivity contribution >= 4 is 17.8 Å². The van der Waals surface area contributed by atoms with Crippen molar-refractivity contribution in [1.29, 1.82) is 0 Å². The van der Waals surface area contributed by atoms with Crippen LogP contribution in [-0.4, -0.2) is 13.1 Å². The third kappa shape index (κ3) is 4.34. The van der Waals surface area contributed by atoms with E-state index in [0.717, 1.165) is 11.1 Å². The fourth-order valence-electron chi connectivity index (χ4n) is 1.87. The molecule has 0 unspecified atom stereocenters. The average Bonchev–Trinajstić information content (AvgIpc) is 2.49. The Bertz CT molecular complexity index is 682. The zero-order valence-corrected chi connectivity index (χ0v) is 12.4. The van der Waals surface area contributed by atoms with Crippen LogP contribution in [0.1, 0.15) is 11.1 Å². The molecule has 0 aromatic heterocycles. The number of nitrogens with one attached hydrogen (secondary N) is 2. The Balaban J connectivity index is 1.96. The maximum absolute atomic E-state index is 12.8. The van der Waals surface area contributed by atoms with E-state index in [1.165, 1.54) is 18.3 Å². The molecule has 2 aromatic rings. The van der Waals surface area contributed by atoms with E-state index in [1.807, 2.05) is 19.1 Å². The first-order valence-electron chi connectivity index (χ1n) is 6.73. The molecular weight excluding hydrogens is 283 g/mol. The number of methoxy groups -OCH3 is 1. The minimum absolute atomic E-state index is 0.297. The van der Waals surface area contributed by atoms with Gasteiger partial charge in [-0.25, -0.2) is 9.18 Å². The Morgan fingerprint density at radius 3 is 2.59 bits per heavy atom. The van der Waals surface area contributed by atoms with Crippen molar-refractivity contribution in [2.24, 2.45) is 0 Å². The van der Waals surface area contributed by atoms with Crippen molar-refractivity contribution in [1.82, 2.24) is 5.32 Å². The second-order valence-corrected chi connectivity index (χ2v) is 4.69. The molecule has 0 bridgehead atoms. The highest BCUT2D eigenvalue weighted by Gasteiger charge is 2.06. The zero-order chi connectivity index (χ0) is 15.9. The van der Waals surface area contributed by atoms with Gasteiger partial charge in [0.15, 0.2) is 0 Å². The zero-order valence-electron chi connectivity index (χ0n) is 12.4. The molecule has 0 saturated heterocycles. The van der Waals surface area contributed by atoms with Gasteiger partial charge < -0.3 is 15.4 Å². The van der Waals surface area contributed by atoms with Crippen LogP contribution in [0.3, 0.4) is 0 Å². The minimum Gasteiger partial charge on any atom is -0.495 e. The predicted octanol–water partition coefficient (Wildman–Crippen LogP) is 3.94. The summed E-state index contributed by atoms with van der Waals surface area (Å²) in [7, 11) is 1.54.